The Labute approximate surface area is 279 Å². The van der Waals surface area contributed by atoms with E-state index in [1.807, 2.05) is 60.7 Å². The Hall–Kier alpha value is -3.56. The lowest BCUT2D eigenvalue weighted by atomic mass is 9.90. The number of aliphatic carboxylic acids is 1. The number of carboxylic acids is 1. The molecule has 0 amide bonds. The number of nitrogens with zero attached hydrogens (tertiary/aromatic N) is 1. The van der Waals surface area contributed by atoms with E-state index in [0.29, 0.717) is 43.9 Å². The lowest BCUT2D eigenvalue weighted by Gasteiger charge is -2.34. The van der Waals surface area contributed by atoms with E-state index in [2.05, 4.69) is 41.4 Å². The van der Waals surface area contributed by atoms with Crippen molar-refractivity contribution in [1.29, 1.82) is 0 Å². The van der Waals surface area contributed by atoms with Gasteiger partial charge in [0.25, 0.3) is 0 Å². The molecule has 0 spiro atoms. The molecule has 1 atom stereocenters. The average Bonchev–Trinajstić information content (AvgIpc) is 3.02. The predicted molar refractivity (Wildman–Crippen MR) is 179 cm³/mol. The van der Waals surface area contributed by atoms with Gasteiger partial charge >= 0.3 is 12.1 Å². The number of alkyl halides is 3. The van der Waals surface area contributed by atoms with Crippen LogP contribution >= 0.6 is 24.0 Å². The molecule has 0 fully saturated rings. The van der Waals surface area contributed by atoms with Gasteiger partial charge in [0.05, 0.1) is 23.7 Å². The Morgan fingerprint density at radius 1 is 0.935 bits per heavy atom. The van der Waals surface area contributed by atoms with Crippen molar-refractivity contribution in [3.63, 3.8) is 0 Å². The van der Waals surface area contributed by atoms with E-state index in [1.54, 1.807) is 6.07 Å². The highest BCUT2D eigenvalue weighted by Gasteiger charge is 2.34. The van der Waals surface area contributed by atoms with E-state index >= 15 is 0 Å². The summed E-state index contributed by atoms with van der Waals surface area (Å²) in [6.07, 6.45) is -3.26. The zero-order valence-corrected chi connectivity index (χ0v) is 27.1. The first kappa shape index (κ1) is 36.9. The summed E-state index contributed by atoms with van der Waals surface area (Å²) in [5.74, 6) is -0.215. The standard InChI is InChI=1S/C36H38ClF3N2O3.ClH/c1-26(19-21-45-31-16-8-10-27(22-31)18-20-41-23-34(43)44)42(24-30-15-9-17-33(35(30)37)36(38,39)40)25-32(28-11-4-2-5-12-28)29-13-6-3-7-14-29;/h2-17,22,26,32,41H,18-21,23-25H2,1H3,(H,43,44);1H/t26-;/m1./s1. The van der Waals surface area contributed by atoms with Crippen LogP contribution in [0.4, 0.5) is 13.2 Å². The summed E-state index contributed by atoms with van der Waals surface area (Å²) in [5, 5.41) is 11.4. The molecule has 10 heteroatoms. The normalized spacial score (nSPS) is 12.2. The van der Waals surface area contributed by atoms with Gasteiger partial charge in [-0.1, -0.05) is 96.5 Å². The van der Waals surface area contributed by atoms with Crippen molar-refractivity contribution < 1.29 is 27.8 Å². The molecule has 4 rings (SSSR count). The number of ether oxygens (including phenoxy) is 1. The Bertz CT molecular complexity index is 1470. The maximum Gasteiger partial charge on any atom is 0.417 e. The monoisotopic (exact) mass is 674 g/mol. The highest BCUT2D eigenvalue weighted by atomic mass is 35.5. The average molecular weight is 676 g/mol. The van der Waals surface area contributed by atoms with Gasteiger partial charge in [-0.2, -0.15) is 13.2 Å². The quantitative estimate of drug-likeness (QED) is 0.117. The number of halogens is 5. The van der Waals surface area contributed by atoms with Crippen LogP contribution in [0.1, 0.15) is 47.1 Å². The van der Waals surface area contributed by atoms with Crippen LogP contribution in [-0.2, 0) is 23.9 Å². The maximum absolute atomic E-state index is 13.7. The van der Waals surface area contributed by atoms with Gasteiger partial charge < -0.3 is 15.2 Å². The number of nitrogens with one attached hydrogen (secondary N) is 1. The molecule has 0 unspecified atom stereocenters. The molecular formula is C36H39Cl2F3N2O3. The number of rotatable bonds is 16. The fourth-order valence-electron chi connectivity index (χ4n) is 5.30. The molecule has 0 saturated heterocycles. The van der Waals surface area contributed by atoms with Gasteiger partial charge in [0.15, 0.2) is 0 Å². The molecule has 0 heterocycles. The second-order valence-corrected chi connectivity index (χ2v) is 11.4. The minimum Gasteiger partial charge on any atom is -0.494 e. The van der Waals surface area contributed by atoms with Crippen molar-refractivity contribution in [3.8, 4) is 5.75 Å². The van der Waals surface area contributed by atoms with Crippen molar-refractivity contribution >= 4 is 30.0 Å². The molecule has 0 aliphatic rings. The summed E-state index contributed by atoms with van der Waals surface area (Å²) in [5.41, 5.74) is 2.83. The number of carbonyl (C=O) groups is 1. The summed E-state index contributed by atoms with van der Waals surface area (Å²) in [7, 11) is 0. The molecule has 0 saturated carbocycles. The molecule has 0 radical (unpaired) electrons. The summed E-state index contributed by atoms with van der Waals surface area (Å²) in [6, 6.07) is 31.9. The highest BCUT2D eigenvalue weighted by Crippen LogP contribution is 2.37. The Morgan fingerprint density at radius 3 is 2.17 bits per heavy atom. The van der Waals surface area contributed by atoms with Crippen LogP contribution in [0, 0.1) is 0 Å². The predicted octanol–water partition coefficient (Wildman–Crippen LogP) is 8.49. The lowest BCUT2D eigenvalue weighted by molar-refractivity contribution is -0.138. The van der Waals surface area contributed by atoms with E-state index in [0.717, 1.165) is 22.8 Å². The second kappa shape index (κ2) is 18.0. The maximum atomic E-state index is 13.7. The van der Waals surface area contributed by atoms with Crippen molar-refractivity contribution in [2.45, 2.75) is 44.4 Å². The fraction of sp³-hybridized carbons (Fsp3) is 0.306. The number of benzene rings is 4. The summed E-state index contributed by atoms with van der Waals surface area (Å²) in [6.45, 7) is 3.69. The first-order valence-electron chi connectivity index (χ1n) is 14.9. The number of hydrogen-bond acceptors (Lipinski definition) is 4. The molecule has 0 bridgehead atoms. The Kier molecular flexibility index (Phi) is 14.4. The van der Waals surface area contributed by atoms with E-state index in [-0.39, 0.29) is 42.5 Å². The topological polar surface area (TPSA) is 61.8 Å². The second-order valence-electron chi connectivity index (χ2n) is 11.0. The van der Waals surface area contributed by atoms with Gasteiger partial charge in [-0.05, 0) is 66.8 Å². The number of carboxylic acid groups (broad SMARTS) is 1. The van der Waals surface area contributed by atoms with Gasteiger partial charge in [0.2, 0.25) is 0 Å². The van der Waals surface area contributed by atoms with Crippen LogP contribution < -0.4 is 10.1 Å². The smallest absolute Gasteiger partial charge is 0.417 e. The number of hydrogen-bond donors (Lipinski definition) is 2. The van der Waals surface area contributed by atoms with Gasteiger partial charge in [-0.15, -0.1) is 12.4 Å². The molecule has 246 valence electrons. The van der Waals surface area contributed by atoms with Crippen LogP contribution in [-0.4, -0.2) is 48.3 Å². The minimum absolute atomic E-state index is 0. The minimum atomic E-state index is -4.55. The van der Waals surface area contributed by atoms with Gasteiger partial charge in [-0.25, -0.2) is 0 Å². The summed E-state index contributed by atoms with van der Waals surface area (Å²) in [4.78, 5) is 12.9. The lowest BCUT2D eigenvalue weighted by Crippen LogP contribution is -2.37. The van der Waals surface area contributed by atoms with Crippen LogP contribution in [0.2, 0.25) is 5.02 Å². The molecule has 4 aromatic rings. The summed E-state index contributed by atoms with van der Waals surface area (Å²) >= 11 is 6.37. The Morgan fingerprint density at radius 2 is 1.57 bits per heavy atom. The van der Waals surface area contributed by atoms with E-state index < -0.39 is 17.7 Å². The van der Waals surface area contributed by atoms with Crippen molar-refractivity contribution in [2.75, 3.05) is 26.2 Å². The molecule has 2 N–H and O–H groups in total. The first-order valence-corrected chi connectivity index (χ1v) is 15.3. The SMILES string of the molecule is C[C@H](CCOc1cccc(CCNCC(=O)O)c1)N(Cc1cccc(C(F)(F)F)c1Cl)CC(c1ccccc1)c1ccccc1.Cl. The van der Waals surface area contributed by atoms with Gasteiger partial charge in [-0.3, -0.25) is 9.69 Å². The zero-order chi connectivity index (χ0) is 32.2. The molecule has 0 aromatic heterocycles. The third kappa shape index (κ3) is 11.1. The van der Waals surface area contributed by atoms with E-state index in [4.69, 9.17) is 21.4 Å². The fourth-order valence-corrected chi connectivity index (χ4v) is 5.59. The molecule has 5 nitrogen and oxygen atoms in total. The van der Waals surface area contributed by atoms with Crippen LogP contribution in [0.5, 0.6) is 5.75 Å². The summed E-state index contributed by atoms with van der Waals surface area (Å²) < 4.78 is 47.2. The van der Waals surface area contributed by atoms with E-state index in [9.17, 15) is 18.0 Å². The van der Waals surface area contributed by atoms with E-state index in [1.165, 1.54) is 6.07 Å². The van der Waals surface area contributed by atoms with Gasteiger partial charge in [0, 0.05) is 25.0 Å². The molecular weight excluding hydrogens is 636 g/mol. The van der Waals surface area contributed by atoms with Crippen molar-refractivity contribution in [3.05, 3.63) is 136 Å². The molecule has 0 aliphatic carbocycles. The molecule has 0 aliphatic heterocycles. The zero-order valence-electron chi connectivity index (χ0n) is 25.6. The largest absolute Gasteiger partial charge is 0.494 e. The molecule has 4 aromatic carbocycles. The van der Waals surface area contributed by atoms with Crippen LogP contribution in [0.3, 0.4) is 0 Å². The van der Waals surface area contributed by atoms with Crippen molar-refractivity contribution in [2.24, 2.45) is 0 Å². The molecule has 46 heavy (non-hydrogen) atoms. The van der Waals surface area contributed by atoms with Gasteiger partial charge in [0.1, 0.15) is 5.75 Å². The van der Waals surface area contributed by atoms with Crippen LogP contribution in [0.25, 0.3) is 0 Å². The third-order valence-corrected chi connectivity index (χ3v) is 8.22. The third-order valence-electron chi connectivity index (χ3n) is 7.77. The first-order chi connectivity index (χ1) is 21.6. The van der Waals surface area contributed by atoms with Crippen molar-refractivity contribution in [1.82, 2.24) is 10.2 Å². The van der Waals surface area contributed by atoms with Crippen LogP contribution in [0.15, 0.2) is 103 Å². The Balaban J connectivity index is 0.00000576. The highest BCUT2D eigenvalue weighted by molar-refractivity contribution is 6.32.